The molecule has 0 aliphatic heterocycles. The second-order valence-electron chi connectivity index (χ2n) is 5.86. The number of nitrogen functional groups attached to an aromatic ring is 1. The van der Waals surface area contributed by atoms with Gasteiger partial charge in [-0.05, 0) is 42.9 Å². The van der Waals surface area contributed by atoms with Crippen molar-refractivity contribution >= 4 is 21.4 Å². The first-order chi connectivity index (χ1) is 9.81. The minimum atomic E-state index is -3.46. The van der Waals surface area contributed by atoms with Gasteiger partial charge in [0.05, 0.1) is 16.3 Å². The van der Waals surface area contributed by atoms with Crippen LogP contribution in [0.3, 0.4) is 0 Å². The van der Waals surface area contributed by atoms with Crippen LogP contribution in [0, 0.1) is 5.41 Å². The van der Waals surface area contributed by atoms with Crippen molar-refractivity contribution in [3.8, 4) is 0 Å². The van der Waals surface area contributed by atoms with Crippen LogP contribution in [0.5, 0.6) is 0 Å². The average Bonchev–Trinajstić information content (AvgIpc) is 3.17. The molecule has 4 N–H and O–H groups in total. The summed E-state index contributed by atoms with van der Waals surface area (Å²) in [6.45, 7) is 0.939. The Hall–Kier alpha value is -1.31. The fraction of sp³-hybridized carbons (Fsp3) is 0.571. The monoisotopic (exact) mass is 313 g/mol. The highest BCUT2D eigenvalue weighted by atomic mass is 32.2. The van der Waals surface area contributed by atoms with E-state index < -0.39 is 10.0 Å². The Balaban J connectivity index is 2.10. The summed E-state index contributed by atoms with van der Waals surface area (Å²) in [5, 5.41) is 12.3. The van der Waals surface area contributed by atoms with E-state index in [1.54, 1.807) is 12.1 Å². The van der Waals surface area contributed by atoms with Gasteiger partial charge in [0.2, 0.25) is 10.0 Å². The molecule has 0 aromatic heterocycles. The molecule has 0 spiro atoms. The van der Waals surface area contributed by atoms with Gasteiger partial charge in [-0.1, -0.05) is 0 Å². The minimum Gasteiger partial charge on any atom is -0.397 e. The van der Waals surface area contributed by atoms with Gasteiger partial charge >= 0.3 is 0 Å². The lowest BCUT2D eigenvalue weighted by molar-refractivity contribution is 0.253. The summed E-state index contributed by atoms with van der Waals surface area (Å²) < 4.78 is 25.2. The van der Waals surface area contributed by atoms with Gasteiger partial charge in [-0.3, -0.25) is 0 Å². The standard InChI is InChI=1S/C14H23N3O3S/c1-17(2)21(19,20)11-3-4-13(12(15)9-11)16-10-14(5-6-14)7-8-18/h3-4,9,16,18H,5-8,10,15H2,1-2H3. The molecule has 1 saturated carbocycles. The molecule has 7 heteroatoms. The Bertz CT molecular complexity index is 610. The first kappa shape index (κ1) is 16.1. The molecule has 0 saturated heterocycles. The van der Waals surface area contributed by atoms with E-state index in [9.17, 15) is 8.42 Å². The van der Waals surface area contributed by atoms with Gasteiger partial charge in [0.1, 0.15) is 0 Å². The Kier molecular flexibility index (Phi) is 4.46. The molecule has 1 aromatic rings. The number of aliphatic hydroxyl groups is 1. The van der Waals surface area contributed by atoms with E-state index in [-0.39, 0.29) is 16.9 Å². The van der Waals surface area contributed by atoms with E-state index >= 15 is 0 Å². The molecule has 1 aromatic carbocycles. The lowest BCUT2D eigenvalue weighted by Gasteiger charge is -2.18. The van der Waals surface area contributed by atoms with E-state index in [4.69, 9.17) is 10.8 Å². The van der Waals surface area contributed by atoms with E-state index in [2.05, 4.69) is 5.32 Å². The van der Waals surface area contributed by atoms with Gasteiger partial charge in [-0.15, -0.1) is 0 Å². The quantitative estimate of drug-likeness (QED) is 0.655. The normalized spacial score (nSPS) is 17.0. The smallest absolute Gasteiger partial charge is 0.242 e. The Labute approximate surface area is 126 Å². The van der Waals surface area contributed by atoms with Crippen LogP contribution >= 0.6 is 0 Å². The summed E-state index contributed by atoms with van der Waals surface area (Å²) in [5.41, 5.74) is 7.27. The summed E-state index contributed by atoms with van der Waals surface area (Å²) in [6.07, 6.45) is 2.99. The third-order valence-corrected chi connectivity index (χ3v) is 5.87. The number of hydrogen-bond acceptors (Lipinski definition) is 5. The van der Waals surface area contributed by atoms with Crippen molar-refractivity contribution in [2.75, 3.05) is 38.3 Å². The van der Waals surface area contributed by atoms with Crippen molar-refractivity contribution in [1.29, 1.82) is 0 Å². The van der Waals surface area contributed by atoms with Gasteiger partial charge in [0.15, 0.2) is 0 Å². The SMILES string of the molecule is CN(C)S(=O)(=O)c1ccc(NCC2(CCO)CC2)c(N)c1. The maximum Gasteiger partial charge on any atom is 0.242 e. The molecule has 1 fully saturated rings. The van der Waals surface area contributed by atoms with Crippen LogP contribution in [0.25, 0.3) is 0 Å². The van der Waals surface area contributed by atoms with Crippen molar-refractivity contribution in [2.45, 2.75) is 24.2 Å². The van der Waals surface area contributed by atoms with Crippen LogP contribution in [0.4, 0.5) is 11.4 Å². The van der Waals surface area contributed by atoms with Gasteiger partial charge in [-0.2, -0.15) is 0 Å². The summed E-state index contributed by atoms with van der Waals surface area (Å²) in [4.78, 5) is 0.187. The van der Waals surface area contributed by atoms with Gasteiger partial charge in [0, 0.05) is 27.2 Å². The fourth-order valence-electron chi connectivity index (χ4n) is 2.28. The predicted molar refractivity (Wildman–Crippen MR) is 83.6 cm³/mol. The number of anilines is 2. The van der Waals surface area contributed by atoms with Crippen LogP contribution in [-0.2, 0) is 10.0 Å². The molecule has 118 valence electrons. The molecule has 0 unspecified atom stereocenters. The summed E-state index contributed by atoms with van der Waals surface area (Å²) in [6, 6.07) is 4.73. The second-order valence-corrected chi connectivity index (χ2v) is 8.02. The first-order valence-electron chi connectivity index (χ1n) is 6.98. The Morgan fingerprint density at radius 1 is 1.38 bits per heavy atom. The molecule has 0 heterocycles. The molecule has 0 atom stereocenters. The van der Waals surface area contributed by atoms with Gasteiger partial charge in [0.25, 0.3) is 0 Å². The maximum absolute atomic E-state index is 12.0. The van der Waals surface area contributed by atoms with E-state index in [0.29, 0.717) is 5.69 Å². The minimum absolute atomic E-state index is 0.176. The van der Waals surface area contributed by atoms with Crippen molar-refractivity contribution in [2.24, 2.45) is 5.41 Å². The number of aliphatic hydroxyl groups excluding tert-OH is 1. The van der Waals surface area contributed by atoms with Crippen LogP contribution in [0.1, 0.15) is 19.3 Å². The molecule has 0 amide bonds. The zero-order chi connectivity index (χ0) is 15.7. The highest BCUT2D eigenvalue weighted by Gasteiger charge is 2.41. The van der Waals surface area contributed by atoms with Crippen molar-refractivity contribution in [3.05, 3.63) is 18.2 Å². The largest absolute Gasteiger partial charge is 0.397 e. The van der Waals surface area contributed by atoms with Crippen molar-refractivity contribution in [3.63, 3.8) is 0 Å². The highest BCUT2D eigenvalue weighted by Crippen LogP contribution is 2.48. The molecule has 0 radical (unpaired) electrons. The number of benzene rings is 1. The van der Waals surface area contributed by atoms with Crippen molar-refractivity contribution < 1.29 is 13.5 Å². The lowest BCUT2D eigenvalue weighted by atomic mass is 10.0. The molecule has 1 aliphatic carbocycles. The maximum atomic E-state index is 12.0. The molecular formula is C14H23N3O3S. The Morgan fingerprint density at radius 3 is 2.52 bits per heavy atom. The predicted octanol–water partition coefficient (Wildman–Crippen LogP) is 1.09. The van der Waals surface area contributed by atoms with E-state index in [1.807, 2.05) is 0 Å². The summed E-state index contributed by atoms with van der Waals surface area (Å²) >= 11 is 0. The number of rotatable bonds is 7. The van der Waals surface area contributed by atoms with Crippen LogP contribution in [-0.4, -0.2) is 45.1 Å². The average molecular weight is 313 g/mol. The van der Waals surface area contributed by atoms with E-state index in [0.717, 1.165) is 35.8 Å². The fourth-order valence-corrected chi connectivity index (χ4v) is 3.22. The molecule has 6 nitrogen and oxygen atoms in total. The lowest BCUT2D eigenvalue weighted by Crippen LogP contribution is -2.22. The topological polar surface area (TPSA) is 95.7 Å². The van der Waals surface area contributed by atoms with Crippen LogP contribution < -0.4 is 11.1 Å². The Morgan fingerprint density at radius 2 is 2.05 bits per heavy atom. The molecular weight excluding hydrogens is 290 g/mol. The third-order valence-electron chi connectivity index (χ3n) is 4.05. The third kappa shape index (κ3) is 3.48. The number of nitrogens with two attached hydrogens (primary N) is 1. The number of nitrogens with zero attached hydrogens (tertiary/aromatic N) is 1. The molecule has 1 aliphatic rings. The zero-order valence-corrected chi connectivity index (χ0v) is 13.3. The molecule has 0 bridgehead atoms. The molecule has 21 heavy (non-hydrogen) atoms. The second kappa shape index (κ2) is 5.82. The molecule has 2 rings (SSSR count). The van der Waals surface area contributed by atoms with E-state index in [1.165, 1.54) is 20.2 Å². The number of sulfonamides is 1. The highest BCUT2D eigenvalue weighted by molar-refractivity contribution is 7.89. The summed E-state index contributed by atoms with van der Waals surface area (Å²) in [5.74, 6) is 0. The summed E-state index contributed by atoms with van der Waals surface area (Å²) in [7, 11) is -0.484. The van der Waals surface area contributed by atoms with Crippen molar-refractivity contribution in [1.82, 2.24) is 4.31 Å². The zero-order valence-electron chi connectivity index (χ0n) is 12.5. The number of nitrogens with one attached hydrogen (secondary N) is 1. The van der Waals surface area contributed by atoms with Gasteiger partial charge < -0.3 is 16.2 Å². The number of hydrogen-bond donors (Lipinski definition) is 3. The van der Waals surface area contributed by atoms with Crippen LogP contribution in [0.15, 0.2) is 23.1 Å². The van der Waals surface area contributed by atoms with Gasteiger partial charge in [-0.25, -0.2) is 12.7 Å². The first-order valence-corrected chi connectivity index (χ1v) is 8.42. The van der Waals surface area contributed by atoms with Crippen LogP contribution in [0.2, 0.25) is 0 Å².